The number of aromatic nitrogens is 3. The summed E-state index contributed by atoms with van der Waals surface area (Å²) < 4.78 is 7.46. The number of phenolic OH excluding ortho intramolecular Hbond substituents is 1. The molecule has 41 heavy (non-hydrogen) atoms. The van der Waals surface area contributed by atoms with Crippen molar-refractivity contribution in [1.82, 2.24) is 19.7 Å². The predicted molar refractivity (Wildman–Crippen MR) is 157 cm³/mol. The van der Waals surface area contributed by atoms with Crippen LogP contribution in [-0.2, 0) is 16.1 Å². The zero-order valence-corrected chi connectivity index (χ0v) is 22.6. The van der Waals surface area contributed by atoms with E-state index in [-0.39, 0.29) is 23.8 Å². The Morgan fingerprint density at radius 1 is 0.878 bits per heavy atom. The lowest BCUT2D eigenvalue weighted by Crippen LogP contribution is -2.45. The first-order valence-electron chi connectivity index (χ1n) is 13.4. The molecule has 6 aromatic rings. The second-order valence-electron chi connectivity index (χ2n) is 10.2. The molecule has 2 N–H and O–H groups in total. The molecule has 1 atom stereocenters. The normalized spacial score (nSPS) is 12.2. The van der Waals surface area contributed by atoms with Crippen molar-refractivity contribution in [3.63, 3.8) is 0 Å². The molecule has 6 rings (SSSR count). The largest absolute Gasteiger partial charge is 0.507 e. The van der Waals surface area contributed by atoms with Crippen LogP contribution in [0, 0.1) is 5.92 Å². The minimum Gasteiger partial charge on any atom is -0.507 e. The second-order valence-corrected chi connectivity index (χ2v) is 10.2. The van der Waals surface area contributed by atoms with Crippen molar-refractivity contribution < 1.29 is 19.4 Å². The van der Waals surface area contributed by atoms with Crippen molar-refractivity contribution in [3.8, 4) is 17.1 Å². The van der Waals surface area contributed by atoms with Gasteiger partial charge >= 0.3 is 5.97 Å². The van der Waals surface area contributed by atoms with Crippen LogP contribution in [-0.4, -0.2) is 37.4 Å². The molecule has 0 saturated carbocycles. The van der Waals surface area contributed by atoms with Gasteiger partial charge in [-0.3, -0.25) is 9.20 Å². The van der Waals surface area contributed by atoms with Crippen LogP contribution in [0.25, 0.3) is 39.0 Å². The summed E-state index contributed by atoms with van der Waals surface area (Å²) in [7, 11) is 0. The molecule has 0 unspecified atom stereocenters. The van der Waals surface area contributed by atoms with Gasteiger partial charge in [0.15, 0.2) is 0 Å². The van der Waals surface area contributed by atoms with E-state index in [0.29, 0.717) is 11.4 Å². The molecular weight excluding hydrogens is 516 g/mol. The van der Waals surface area contributed by atoms with Gasteiger partial charge in [0, 0.05) is 10.9 Å². The monoisotopic (exact) mass is 544 g/mol. The zero-order chi connectivity index (χ0) is 28.5. The van der Waals surface area contributed by atoms with E-state index < -0.39 is 17.9 Å². The zero-order valence-electron chi connectivity index (χ0n) is 22.6. The van der Waals surface area contributed by atoms with E-state index in [1.807, 2.05) is 97.1 Å². The average molecular weight is 545 g/mol. The molecule has 0 fully saturated rings. The van der Waals surface area contributed by atoms with Gasteiger partial charge in [0.1, 0.15) is 29.9 Å². The van der Waals surface area contributed by atoms with Crippen LogP contribution in [0.15, 0.2) is 97.1 Å². The number of phenols is 1. The molecule has 8 heteroatoms. The van der Waals surface area contributed by atoms with Crippen LogP contribution in [0.4, 0.5) is 0 Å². The van der Waals surface area contributed by atoms with Gasteiger partial charge in [0.2, 0.25) is 0 Å². The first-order valence-corrected chi connectivity index (χ1v) is 13.4. The summed E-state index contributed by atoms with van der Waals surface area (Å²) in [5, 5.41) is 14.4. The Morgan fingerprint density at radius 2 is 1.59 bits per heavy atom. The van der Waals surface area contributed by atoms with Gasteiger partial charge in [0.05, 0.1) is 22.1 Å². The summed E-state index contributed by atoms with van der Waals surface area (Å²) in [6.07, 6.45) is 0. The standard InChI is InChI=1S/C33H28N4O4/c1-20(2)29(33(40)41-19-21-10-4-3-5-11-21)36-32(39)24-18-22(16-17-28(24)38)30-34-25-13-7-6-12-23(25)31-35-26-14-8-9-15-27(26)37(30)31/h3-18,20,29,38H,19H2,1-2H3,(H,36,39)/t29-/m0/s1. The fourth-order valence-corrected chi connectivity index (χ4v) is 4.93. The van der Waals surface area contributed by atoms with Gasteiger partial charge in [-0.15, -0.1) is 0 Å². The lowest BCUT2D eigenvalue weighted by atomic mass is 10.0. The molecule has 4 aromatic carbocycles. The highest BCUT2D eigenvalue weighted by atomic mass is 16.5. The molecule has 0 radical (unpaired) electrons. The summed E-state index contributed by atoms with van der Waals surface area (Å²) >= 11 is 0. The number of esters is 1. The number of carbonyl (C=O) groups is 2. The minimum absolute atomic E-state index is 0.0246. The number of aromatic hydroxyl groups is 1. The molecule has 1 amide bonds. The molecule has 0 spiro atoms. The summed E-state index contributed by atoms with van der Waals surface area (Å²) in [5.41, 5.74) is 4.67. The molecule has 0 aliphatic rings. The summed E-state index contributed by atoms with van der Waals surface area (Å²) in [6.45, 7) is 3.75. The van der Waals surface area contributed by atoms with Crippen molar-refractivity contribution in [1.29, 1.82) is 0 Å². The Labute approximate surface area is 236 Å². The number of fused-ring (bicyclic) bond motifs is 5. The van der Waals surface area contributed by atoms with Crippen molar-refractivity contribution >= 4 is 39.5 Å². The van der Waals surface area contributed by atoms with Crippen LogP contribution >= 0.6 is 0 Å². The minimum atomic E-state index is -0.905. The number of amides is 1. The number of ether oxygens (including phenoxy) is 1. The Morgan fingerprint density at radius 3 is 2.37 bits per heavy atom. The van der Waals surface area contributed by atoms with Crippen molar-refractivity contribution in [2.45, 2.75) is 26.5 Å². The molecule has 0 aliphatic heterocycles. The third-order valence-electron chi connectivity index (χ3n) is 7.07. The maximum absolute atomic E-state index is 13.5. The van der Waals surface area contributed by atoms with E-state index in [9.17, 15) is 14.7 Å². The number of rotatable bonds is 7. The molecule has 204 valence electrons. The van der Waals surface area contributed by atoms with Gasteiger partial charge in [-0.25, -0.2) is 14.8 Å². The van der Waals surface area contributed by atoms with Crippen molar-refractivity contribution in [2.24, 2.45) is 5.92 Å². The number of nitrogens with one attached hydrogen (secondary N) is 1. The van der Waals surface area contributed by atoms with Gasteiger partial charge in [0.25, 0.3) is 5.91 Å². The maximum Gasteiger partial charge on any atom is 0.329 e. The number of nitrogens with zero attached hydrogens (tertiary/aromatic N) is 3. The smallest absolute Gasteiger partial charge is 0.329 e. The van der Waals surface area contributed by atoms with Crippen LogP contribution in [0.3, 0.4) is 0 Å². The highest BCUT2D eigenvalue weighted by Crippen LogP contribution is 2.31. The summed E-state index contributed by atoms with van der Waals surface area (Å²) in [4.78, 5) is 36.2. The highest BCUT2D eigenvalue weighted by molar-refractivity contribution is 6.01. The number of hydrogen-bond acceptors (Lipinski definition) is 6. The highest BCUT2D eigenvalue weighted by Gasteiger charge is 2.28. The van der Waals surface area contributed by atoms with Crippen molar-refractivity contribution in [3.05, 3.63) is 108 Å². The fraction of sp³-hybridized carbons (Fsp3) is 0.152. The second kappa shape index (κ2) is 10.7. The molecule has 0 bridgehead atoms. The van der Waals surface area contributed by atoms with E-state index in [2.05, 4.69) is 5.32 Å². The van der Waals surface area contributed by atoms with Crippen LogP contribution in [0.2, 0.25) is 0 Å². The fourth-order valence-electron chi connectivity index (χ4n) is 4.93. The number of benzene rings is 4. The quantitative estimate of drug-likeness (QED) is 0.242. The van der Waals surface area contributed by atoms with Gasteiger partial charge < -0.3 is 15.2 Å². The van der Waals surface area contributed by atoms with Gasteiger partial charge in [-0.1, -0.05) is 68.4 Å². The Kier molecular flexibility index (Phi) is 6.81. The number of hydrogen-bond donors (Lipinski definition) is 2. The van der Waals surface area contributed by atoms with Crippen LogP contribution in [0.5, 0.6) is 5.75 Å². The first kappa shape index (κ1) is 26.0. The van der Waals surface area contributed by atoms with E-state index in [4.69, 9.17) is 14.7 Å². The molecule has 2 aromatic heterocycles. The lowest BCUT2D eigenvalue weighted by molar-refractivity contribution is -0.148. The van der Waals surface area contributed by atoms with E-state index in [1.165, 1.54) is 6.07 Å². The van der Waals surface area contributed by atoms with E-state index >= 15 is 0 Å². The topological polar surface area (TPSA) is 106 Å². The number of para-hydroxylation sites is 3. The first-order chi connectivity index (χ1) is 19.9. The molecule has 2 heterocycles. The summed E-state index contributed by atoms with van der Waals surface area (Å²) in [5.74, 6) is -1.02. The third kappa shape index (κ3) is 4.96. The van der Waals surface area contributed by atoms with E-state index in [1.54, 1.807) is 12.1 Å². The Balaban J connectivity index is 1.36. The van der Waals surface area contributed by atoms with Gasteiger partial charge in [-0.2, -0.15) is 0 Å². The van der Waals surface area contributed by atoms with Crippen molar-refractivity contribution in [2.75, 3.05) is 0 Å². The molecule has 0 aliphatic carbocycles. The predicted octanol–water partition coefficient (Wildman–Crippen LogP) is 5.91. The van der Waals surface area contributed by atoms with Gasteiger partial charge in [-0.05, 0) is 53.9 Å². The Hall–Kier alpha value is -5.24. The average Bonchev–Trinajstić information content (AvgIpc) is 3.39. The van der Waals surface area contributed by atoms with Crippen LogP contribution < -0.4 is 5.32 Å². The molecule has 8 nitrogen and oxygen atoms in total. The number of imidazole rings is 1. The summed E-state index contributed by atoms with van der Waals surface area (Å²) in [6, 6.07) is 28.7. The lowest BCUT2D eigenvalue weighted by Gasteiger charge is -2.21. The molecule has 0 saturated heterocycles. The Bertz CT molecular complexity index is 1910. The SMILES string of the molecule is CC(C)[C@H](NC(=O)c1cc(-c2nc3ccccc3c3nc4ccccc4n23)ccc1O)C(=O)OCc1ccccc1. The number of carbonyl (C=O) groups excluding carboxylic acids is 2. The molecular formula is C33H28N4O4. The maximum atomic E-state index is 13.5. The third-order valence-corrected chi connectivity index (χ3v) is 7.07. The van der Waals surface area contributed by atoms with E-state index in [0.717, 1.165) is 33.1 Å². The van der Waals surface area contributed by atoms with Crippen LogP contribution in [0.1, 0.15) is 29.8 Å².